The van der Waals surface area contributed by atoms with Gasteiger partial charge in [0.25, 0.3) is 0 Å². The van der Waals surface area contributed by atoms with Crippen molar-refractivity contribution < 1.29 is 4.74 Å². The van der Waals surface area contributed by atoms with Crippen molar-refractivity contribution in [2.45, 2.75) is 39.5 Å². The Morgan fingerprint density at radius 2 is 2.18 bits per heavy atom. The molecular weight excluding hydrogens is 294 g/mol. The van der Waals surface area contributed by atoms with Crippen LogP contribution in [0.2, 0.25) is 0 Å². The first-order valence-corrected chi connectivity index (χ1v) is 9.17. The lowest BCUT2D eigenvalue weighted by molar-refractivity contribution is 0.192. The topological polar surface area (TPSA) is 45.7 Å². The van der Waals surface area contributed by atoms with Crippen LogP contribution >= 0.6 is 11.3 Å². The molecular formula is C17H31N3OS. The zero-order valence-corrected chi connectivity index (χ0v) is 15.0. The number of nitrogens with one attached hydrogen (secondary N) is 2. The summed E-state index contributed by atoms with van der Waals surface area (Å²) in [5.74, 6) is 1.50. The fourth-order valence-electron chi connectivity index (χ4n) is 2.18. The third kappa shape index (κ3) is 9.05. The van der Waals surface area contributed by atoms with Crippen molar-refractivity contribution in [2.75, 3.05) is 33.4 Å². The lowest BCUT2D eigenvalue weighted by Gasteiger charge is -2.13. The van der Waals surface area contributed by atoms with Crippen LogP contribution in [0.25, 0.3) is 0 Å². The van der Waals surface area contributed by atoms with Gasteiger partial charge in [-0.1, -0.05) is 13.0 Å². The largest absolute Gasteiger partial charge is 0.385 e. The van der Waals surface area contributed by atoms with E-state index in [-0.39, 0.29) is 0 Å². The summed E-state index contributed by atoms with van der Waals surface area (Å²) >= 11 is 1.83. The Morgan fingerprint density at radius 3 is 2.86 bits per heavy atom. The molecule has 1 unspecified atom stereocenters. The van der Waals surface area contributed by atoms with Gasteiger partial charge in [0.2, 0.25) is 0 Å². The molecule has 1 aromatic heterocycles. The number of aliphatic imine (C=N–C) groups is 1. The zero-order chi connectivity index (χ0) is 16.0. The van der Waals surface area contributed by atoms with Gasteiger partial charge in [0, 0.05) is 38.2 Å². The highest BCUT2D eigenvalue weighted by Crippen LogP contribution is 2.14. The maximum absolute atomic E-state index is 5.06. The van der Waals surface area contributed by atoms with Gasteiger partial charge in [0.1, 0.15) is 0 Å². The van der Waals surface area contributed by atoms with Crippen LogP contribution in [0.1, 0.15) is 38.0 Å². The molecule has 4 nitrogen and oxygen atoms in total. The molecule has 0 fully saturated rings. The predicted molar refractivity (Wildman–Crippen MR) is 96.9 cm³/mol. The summed E-state index contributed by atoms with van der Waals surface area (Å²) in [6.45, 7) is 7.94. The van der Waals surface area contributed by atoms with E-state index in [2.05, 4.69) is 42.0 Å². The molecule has 1 heterocycles. The van der Waals surface area contributed by atoms with Crippen LogP contribution in [0.4, 0.5) is 0 Å². The van der Waals surface area contributed by atoms with Crippen molar-refractivity contribution in [2.24, 2.45) is 10.9 Å². The molecule has 0 saturated carbocycles. The first kappa shape index (κ1) is 19.0. The molecule has 0 aliphatic rings. The molecule has 1 atom stereocenters. The molecule has 0 aromatic carbocycles. The molecule has 0 bridgehead atoms. The van der Waals surface area contributed by atoms with Gasteiger partial charge < -0.3 is 15.4 Å². The van der Waals surface area contributed by atoms with Crippen molar-refractivity contribution in [1.29, 1.82) is 0 Å². The minimum atomic E-state index is 0.566. The van der Waals surface area contributed by atoms with Crippen LogP contribution < -0.4 is 10.6 Å². The molecule has 0 spiro atoms. The van der Waals surface area contributed by atoms with Crippen molar-refractivity contribution in [1.82, 2.24) is 10.6 Å². The van der Waals surface area contributed by atoms with E-state index in [1.54, 1.807) is 7.11 Å². The second-order valence-corrected chi connectivity index (χ2v) is 6.62. The van der Waals surface area contributed by atoms with Gasteiger partial charge in [0.15, 0.2) is 5.96 Å². The van der Waals surface area contributed by atoms with Gasteiger partial charge in [-0.3, -0.25) is 4.99 Å². The number of thiophene rings is 1. The number of nitrogens with zero attached hydrogens (tertiary/aromatic N) is 1. The van der Waals surface area contributed by atoms with Crippen LogP contribution in [0.3, 0.4) is 0 Å². The second-order valence-electron chi connectivity index (χ2n) is 5.59. The lowest BCUT2D eigenvalue weighted by Crippen LogP contribution is -2.38. The Labute approximate surface area is 139 Å². The first-order chi connectivity index (χ1) is 10.8. The Kier molecular flexibility index (Phi) is 10.8. The van der Waals surface area contributed by atoms with Crippen LogP contribution in [-0.4, -0.2) is 39.3 Å². The summed E-state index contributed by atoms with van der Waals surface area (Å²) in [5, 5.41) is 8.87. The minimum absolute atomic E-state index is 0.566. The van der Waals surface area contributed by atoms with Crippen molar-refractivity contribution in [3.05, 3.63) is 22.4 Å². The molecule has 22 heavy (non-hydrogen) atoms. The molecule has 1 aromatic rings. The normalized spacial score (nSPS) is 13.1. The molecule has 2 N–H and O–H groups in total. The number of hydrogen-bond acceptors (Lipinski definition) is 3. The highest BCUT2D eigenvalue weighted by Gasteiger charge is 2.05. The summed E-state index contributed by atoms with van der Waals surface area (Å²) in [7, 11) is 1.76. The van der Waals surface area contributed by atoms with E-state index < -0.39 is 0 Å². The number of ether oxygens (including phenoxy) is 1. The number of unbranched alkanes of at least 4 members (excludes halogenated alkanes) is 2. The average Bonchev–Trinajstić information content (AvgIpc) is 3.01. The summed E-state index contributed by atoms with van der Waals surface area (Å²) in [4.78, 5) is 6.15. The second kappa shape index (κ2) is 12.5. The standard InChI is InChI=1S/C17H31N3OS/c1-4-18-17(19-10-6-5-7-11-21-3)20-14-15(2)13-16-9-8-12-22-16/h8-9,12,15H,4-7,10-11,13-14H2,1-3H3,(H2,18,19,20). The summed E-state index contributed by atoms with van der Waals surface area (Å²) in [5.41, 5.74) is 0. The van der Waals surface area contributed by atoms with Gasteiger partial charge in [-0.25, -0.2) is 0 Å². The van der Waals surface area contributed by atoms with Crippen LogP contribution in [0.15, 0.2) is 22.5 Å². The van der Waals surface area contributed by atoms with Gasteiger partial charge in [-0.2, -0.15) is 0 Å². The smallest absolute Gasteiger partial charge is 0.191 e. The third-order valence-corrected chi connectivity index (χ3v) is 4.25. The average molecular weight is 326 g/mol. The van der Waals surface area contributed by atoms with Crippen molar-refractivity contribution >= 4 is 17.3 Å². The lowest BCUT2D eigenvalue weighted by atomic mass is 10.1. The Morgan fingerprint density at radius 1 is 1.32 bits per heavy atom. The Hall–Kier alpha value is -1.07. The number of hydrogen-bond donors (Lipinski definition) is 2. The SMILES string of the molecule is CCNC(=NCC(C)Cc1cccs1)NCCCCCOC. The fraction of sp³-hybridized carbons (Fsp3) is 0.706. The van der Waals surface area contributed by atoms with Gasteiger partial charge in [-0.05, 0) is 50.0 Å². The molecule has 0 saturated heterocycles. The predicted octanol–water partition coefficient (Wildman–Crippen LogP) is 3.30. The Balaban J connectivity index is 2.25. The Bertz CT molecular complexity index is 393. The van der Waals surface area contributed by atoms with E-state index >= 15 is 0 Å². The molecule has 1 rings (SSSR count). The fourth-order valence-corrected chi connectivity index (χ4v) is 3.05. The summed E-state index contributed by atoms with van der Waals surface area (Å²) < 4.78 is 5.06. The van der Waals surface area contributed by atoms with E-state index in [9.17, 15) is 0 Å². The minimum Gasteiger partial charge on any atom is -0.385 e. The quantitative estimate of drug-likeness (QED) is 0.373. The van der Waals surface area contributed by atoms with Gasteiger partial charge >= 0.3 is 0 Å². The van der Waals surface area contributed by atoms with Crippen LogP contribution in [-0.2, 0) is 11.2 Å². The maximum atomic E-state index is 5.06. The highest BCUT2D eigenvalue weighted by molar-refractivity contribution is 7.09. The number of methoxy groups -OCH3 is 1. The number of guanidine groups is 1. The van der Waals surface area contributed by atoms with Crippen LogP contribution in [0.5, 0.6) is 0 Å². The summed E-state index contributed by atoms with van der Waals surface area (Å²) in [6.07, 6.45) is 4.58. The molecule has 0 aliphatic carbocycles. The van der Waals surface area contributed by atoms with Crippen LogP contribution in [0, 0.1) is 5.92 Å². The maximum Gasteiger partial charge on any atom is 0.191 e. The zero-order valence-electron chi connectivity index (χ0n) is 14.2. The van der Waals surface area contributed by atoms with E-state index in [4.69, 9.17) is 9.73 Å². The number of rotatable bonds is 11. The van der Waals surface area contributed by atoms with Gasteiger partial charge in [-0.15, -0.1) is 11.3 Å². The third-order valence-electron chi connectivity index (χ3n) is 3.35. The first-order valence-electron chi connectivity index (χ1n) is 8.29. The van der Waals surface area contributed by atoms with Gasteiger partial charge in [0.05, 0.1) is 0 Å². The van der Waals surface area contributed by atoms with E-state index in [0.29, 0.717) is 5.92 Å². The highest BCUT2D eigenvalue weighted by atomic mass is 32.1. The van der Waals surface area contributed by atoms with E-state index in [1.165, 1.54) is 11.3 Å². The van der Waals surface area contributed by atoms with E-state index in [0.717, 1.165) is 51.5 Å². The van der Waals surface area contributed by atoms with Crippen molar-refractivity contribution in [3.8, 4) is 0 Å². The monoisotopic (exact) mass is 325 g/mol. The molecule has 0 amide bonds. The van der Waals surface area contributed by atoms with Crippen molar-refractivity contribution in [3.63, 3.8) is 0 Å². The molecule has 0 radical (unpaired) electrons. The molecule has 0 aliphatic heterocycles. The van der Waals surface area contributed by atoms with E-state index in [1.807, 2.05) is 11.3 Å². The molecule has 126 valence electrons. The molecule has 5 heteroatoms. The summed E-state index contributed by atoms with van der Waals surface area (Å²) in [6, 6.07) is 4.32.